The highest BCUT2D eigenvalue weighted by Crippen LogP contribution is 2.33. The second-order valence-electron chi connectivity index (χ2n) is 4.24. The highest BCUT2D eigenvalue weighted by molar-refractivity contribution is 5.69. The smallest absolute Gasteiger partial charge is 0.308 e. The van der Waals surface area contributed by atoms with Crippen LogP contribution in [0.2, 0.25) is 0 Å². The lowest BCUT2D eigenvalue weighted by Gasteiger charge is -2.13. The molecule has 2 rings (SSSR count). The Bertz CT molecular complexity index is 361. The molecule has 1 saturated heterocycles. The molecule has 3 heteroatoms. The summed E-state index contributed by atoms with van der Waals surface area (Å²) in [5.41, 5.74) is 1.19. The van der Waals surface area contributed by atoms with Crippen LogP contribution in [0.15, 0.2) is 30.3 Å². The standard InChI is InChI=1S/C14H18O3/c1-2-16-14(15)10-12-8-9-13(17-12)11-6-4-3-5-7-11/h3-7,12-13H,2,8-10H2,1H3. The van der Waals surface area contributed by atoms with E-state index in [1.165, 1.54) is 5.56 Å². The zero-order valence-corrected chi connectivity index (χ0v) is 10.1. The highest BCUT2D eigenvalue weighted by atomic mass is 16.5. The molecule has 0 spiro atoms. The molecule has 0 saturated carbocycles. The molecule has 0 bridgehead atoms. The summed E-state index contributed by atoms with van der Waals surface area (Å²) in [4.78, 5) is 11.3. The van der Waals surface area contributed by atoms with Gasteiger partial charge < -0.3 is 9.47 Å². The first-order valence-corrected chi connectivity index (χ1v) is 6.15. The van der Waals surface area contributed by atoms with E-state index in [0.717, 1.165) is 12.8 Å². The van der Waals surface area contributed by atoms with Crippen LogP contribution in [0.5, 0.6) is 0 Å². The van der Waals surface area contributed by atoms with E-state index in [4.69, 9.17) is 9.47 Å². The van der Waals surface area contributed by atoms with E-state index in [-0.39, 0.29) is 18.2 Å². The lowest BCUT2D eigenvalue weighted by Crippen LogP contribution is -2.15. The molecule has 1 heterocycles. The Morgan fingerprint density at radius 3 is 2.82 bits per heavy atom. The summed E-state index contributed by atoms with van der Waals surface area (Å²) < 4.78 is 10.8. The summed E-state index contributed by atoms with van der Waals surface area (Å²) in [7, 11) is 0. The van der Waals surface area contributed by atoms with Crippen LogP contribution in [-0.2, 0) is 14.3 Å². The number of hydrogen-bond acceptors (Lipinski definition) is 3. The van der Waals surface area contributed by atoms with E-state index in [1.54, 1.807) is 0 Å². The van der Waals surface area contributed by atoms with Gasteiger partial charge in [-0.05, 0) is 25.3 Å². The van der Waals surface area contributed by atoms with Gasteiger partial charge in [-0.2, -0.15) is 0 Å². The predicted octanol–water partition coefficient (Wildman–Crippen LogP) is 2.86. The number of carbonyl (C=O) groups is 1. The first-order valence-electron chi connectivity index (χ1n) is 6.15. The molecule has 1 aliphatic heterocycles. The fraction of sp³-hybridized carbons (Fsp3) is 0.500. The van der Waals surface area contributed by atoms with Crippen LogP contribution < -0.4 is 0 Å². The Kier molecular flexibility index (Phi) is 4.15. The van der Waals surface area contributed by atoms with E-state index in [0.29, 0.717) is 13.0 Å². The van der Waals surface area contributed by atoms with Crippen LogP contribution in [0.25, 0.3) is 0 Å². The zero-order valence-electron chi connectivity index (χ0n) is 10.1. The number of ether oxygens (including phenoxy) is 2. The summed E-state index contributed by atoms with van der Waals surface area (Å²) in [5, 5.41) is 0. The van der Waals surface area contributed by atoms with Crippen molar-refractivity contribution in [3.8, 4) is 0 Å². The van der Waals surface area contributed by atoms with E-state index in [2.05, 4.69) is 12.1 Å². The summed E-state index contributed by atoms with van der Waals surface area (Å²) in [6, 6.07) is 10.2. The molecule has 0 radical (unpaired) electrons. The average molecular weight is 234 g/mol. The molecule has 0 N–H and O–H groups in total. The zero-order chi connectivity index (χ0) is 12.1. The predicted molar refractivity (Wildman–Crippen MR) is 64.5 cm³/mol. The summed E-state index contributed by atoms with van der Waals surface area (Å²) >= 11 is 0. The second-order valence-corrected chi connectivity index (χ2v) is 4.24. The monoisotopic (exact) mass is 234 g/mol. The van der Waals surface area contributed by atoms with Gasteiger partial charge >= 0.3 is 5.97 Å². The number of carbonyl (C=O) groups excluding carboxylic acids is 1. The van der Waals surface area contributed by atoms with E-state index in [1.807, 2.05) is 25.1 Å². The first kappa shape index (κ1) is 12.1. The van der Waals surface area contributed by atoms with Crippen molar-refractivity contribution in [1.29, 1.82) is 0 Å². The van der Waals surface area contributed by atoms with Gasteiger partial charge in [0.2, 0.25) is 0 Å². The maximum absolute atomic E-state index is 11.3. The van der Waals surface area contributed by atoms with Gasteiger partial charge in [0.1, 0.15) is 0 Å². The van der Waals surface area contributed by atoms with Gasteiger partial charge in [0.15, 0.2) is 0 Å². The number of esters is 1. The van der Waals surface area contributed by atoms with Crippen molar-refractivity contribution in [3.05, 3.63) is 35.9 Å². The SMILES string of the molecule is CCOC(=O)CC1CCC(c2ccccc2)O1. The van der Waals surface area contributed by atoms with Crippen molar-refractivity contribution in [3.63, 3.8) is 0 Å². The molecule has 1 aromatic rings. The first-order chi connectivity index (χ1) is 8.29. The molecule has 0 aromatic heterocycles. The third kappa shape index (κ3) is 3.30. The molecule has 3 nitrogen and oxygen atoms in total. The Morgan fingerprint density at radius 2 is 2.12 bits per heavy atom. The minimum absolute atomic E-state index is 0.0132. The van der Waals surface area contributed by atoms with Crippen molar-refractivity contribution in [2.45, 2.75) is 38.4 Å². The fourth-order valence-corrected chi connectivity index (χ4v) is 2.17. The molecule has 1 fully saturated rings. The quantitative estimate of drug-likeness (QED) is 0.751. The van der Waals surface area contributed by atoms with Gasteiger partial charge in [-0.3, -0.25) is 4.79 Å². The van der Waals surface area contributed by atoms with Gasteiger partial charge in [-0.25, -0.2) is 0 Å². The third-order valence-corrected chi connectivity index (χ3v) is 2.98. The van der Waals surface area contributed by atoms with Crippen molar-refractivity contribution in [1.82, 2.24) is 0 Å². The normalized spacial score (nSPS) is 23.6. The Balaban J connectivity index is 1.86. The summed E-state index contributed by atoms with van der Waals surface area (Å²) in [6.45, 7) is 2.26. The van der Waals surface area contributed by atoms with Crippen LogP contribution in [0.3, 0.4) is 0 Å². The van der Waals surface area contributed by atoms with Crippen molar-refractivity contribution >= 4 is 5.97 Å². The molecule has 0 aliphatic carbocycles. The number of benzene rings is 1. The molecule has 2 unspecified atom stereocenters. The van der Waals surface area contributed by atoms with Gasteiger partial charge in [-0.1, -0.05) is 30.3 Å². The minimum atomic E-state index is -0.161. The van der Waals surface area contributed by atoms with E-state index in [9.17, 15) is 4.79 Å². The molecule has 92 valence electrons. The van der Waals surface area contributed by atoms with Crippen LogP contribution in [0.4, 0.5) is 0 Å². The van der Waals surface area contributed by atoms with Crippen molar-refractivity contribution < 1.29 is 14.3 Å². The molecule has 2 atom stereocenters. The Morgan fingerprint density at radius 1 is 1.35 bits per heavy atom. The largest absolute Gasteiger partial charge is 0.466 e. The van der Waals surface area contributed by atoms with Crippen LogP contribution >= 0.6 is 0 Å². The molecule has 1 aromatic carbocycles. The Hall–Kier alpha value is -1.35. The molecule has 0 amide bonds. The second kappa shape index (κ2) is 5.82. The highest BCUT2D eigenvalue weighted by Gasteiger charge is 2.28. The maximum atomic E-state index is 11.3. The minimum Gasteiger partial charge on any atom is -0.466 e. The lowest BCUT2D eigenvalue weighted by atomic mass is 10.1. The van der Waals surface area contributed by atoms with Gasteiger partial charge in [0.05, 0.1) is 25.2 Å². The summed E-state index contributed by atoms with van der Waals surface area (Å²) in [5.74, 6) is -0.161. The topological polar surface area (TPSA) is 35.5 Å². The Labute approximate surface area is 102 Å². The third-order valence-electron chi connectivity index (χ3n) is 2.98. The molecule has 1 aliphatic rings. The number of rotatable bonds is 4. The molecular weight excluding hydrogens is 216 g/mol. The van der Waals surface area contributed by atoms with Crippen LogP contribution in [0.1, 0.15) is 37.9 Å². The van der Waals surface area contributed by atoms with Gasteiger partial charge in [0, 0.05) is 0 Å². The molecule has 17 heavy (non-hydrogen) atoms. The lowest BCUT2D eigenvalue weighted by molar-refractivity contribution is -0.146. The summed E-state index contributed by atoms with van der Waals surface area (Å²) in [6.07, 6.45) is 2.43. The van der Waals surface area contributed by atoms with Crippen molar-refractivity contribution in [2.75, 3.05) is 6.61 Å². The van der Waals surface area contributed by atoms with Crippen molar-refractivity contribution in [2.24, 2.45) is 0 Å². The van der Waals surface area contributed by atoms with Gasteiger partial charge in [0.25, 0.3) is 0 Å². The van der Waals surface area contributed by atoms with E-state index < -0.39 is 0 Å². The van der Waals surface area contributed by atoms with Gasteiger partial charge in [-0.15, -0.1) is 0 Å². The fourth-order valence-electron chi connectivity index (χ4n) is 2.17. The maximum Gasteiger partial charge on any atom is 0.308 e. The number of hydrogen-bond donors (Lipinski definition) is 0. The average Bonchev–Trinajstić information content (AvgIpc) is 2.79. The van der Waals surface area contributed by atoms with Crippen LogP contribution in [0, 0.1) is 0 Å². The van der Waals surface area contributed by atoms with E-state index >= 15 is 0 Å². The molecular formula is C14H18O3. The van der Waals surface area contributed by atoms with Crippen LogP contribution in [-0.4, -0.2) is 18.7 Å².